The number of hydrogen-bond acceptors (Lipinski definition) is 4. The summed E-state index contributed by atoms with van der Waals surface area (Å²) < 4.78 is 51.1. The smallest absolute Gasteiger partial charge is 0.346 e. The molecule has 2 rings (SSSR count). The standard InChI is InChI=1S/C18H14F3NO3/c1-2-5-24-10-11-3-4-13(15(19)6-11)18(23)25-12-7-16(20)14(9-22)17(21)8-12/h3-4,6-8H,2,5,10H2,1H3. The number of halogens is 3. The largest absolute Gasteiger partial charge is 0.423 e. The summed E-state index contributed by atoms with van der Waals surface area (Å²) in [6, 6.07) is 6.55. The van der Waals surface area contributed by atoms with Crippen LogP contribution in [0.3, 0.4) is 0 Å². The van der Waals surface area contributed by atoms with Gasteiger partial charge in [-0.1, -0.05) is 13.0 Å². The fourth-order valence-corrected chi connectivity index (χ4v) is 2.03. The summed E-state index contributed by atoms with van der Waals surface area (Å²) >= 11 is 0. The van der Waals surface area contributed by atoms with Crippen LogP contribution in [-0.2, 0) is 11.3 Å². The fourth-order valence-electron chi connectivity index (χ4n) is 2.03. The van der Waals surface area contributed by atoms with E-state index in [0.29, 0.717) is 24.3 Å². The second-order valence-electron chi connectivity index (χ2n) is 5.13. The van der Waals surface area contributed by atoms with E-state index in [1.54, 1.807) is 0 Å². The first kappa shape index (κ1) is 18.5. The van der Waals surface area contributed by atoms with Crippen LogP contribution >= 0.6 is 0 Å². The van der Waals surface area contributed by atoms with E-state index in [1.807, 2.05) is 6.92 Å². The third-order valence-electron chi connectivity index (χ3n) is 3.21. The second-order valence-corrected chi connectivity index (χ2v) is 5.13. The first-order valence-corrected chi connectivity index (χ1v) is 7.43. The van der Waals surface area contributed by atoms with Gasteiger partial charge in [0.15, 0.2) is 0 Å². The van der Waals surface area contributed by atoms with Gasteiger partial charge in [-0.05, 0) is 24.1 Å². The van der Waals surface area contributed by atoms with Gasteiger partial charge in [0.1, 0.15) is 34.8 Å². The molecule has 0 aliphatic carbocycles. The number of rotatable bonds is 6. The number of nitrogens with zero attached hydrogens (tertiary/aromatic N) is 1. The van der Waals surface area contributed by atoms with Crippen molar-refractivity contribution in [3.05, 3.63) is 64.5 Å². The molecule has 0 spiro atoms. The molecule has 0 aliphatic rings. The fraction of sp³-hybridized carbons (Fsp3) is 0.222. The minimum atomic E-state index is -1.17. The molecule has 25 heavy (non-hydrogen) atoms. The molecular formula is C18H14F3NO3. The van der Waals surface area contributed by atoms with Crippen LogP contribution in [0.15, 0.2) is 30.3 Å². The van der Waals surface area contributed by atoms with Crippen molar-refractivity contribution in [3.63, 3.8) is 0 Å². The van der Waals surface area contributed by atoms with Crippen molar-refractivity contribution in [2.75, 3.05) is 6.61 Å². The lowest BCUT2D eigenvalue weighted by molar-refractivity contribution is 0.0728. The van der Waals surface area contributed by atoms with Crippen molar-refractivity contribution in [3.8, 4) is 11.8 Å². The van der Waals surface area contributed by atoms with Crippen molar-refractivity contribution in [2.45, 2.75) is 20.0 Å². The zero-order valence-electron chi connectivity index (χ0n) is 13.3. The highest BCUT2D eigenvalue weighted by atomic mass is 19.1. The predicted octanol–water partition coefficient (Wildman–Crippen LogP) is 4.12. The van der Waals surface area contributed by atoms with Gasteiger partial charge in [0, 0.05) is 18.7 Å². The lowest BCUT2D eigenvalue weighted by atomic mass is 10.1. The first-order valence-electron chi connectivity index (χ1n) is 7.43. The van der Waals surface area contributed by atoms with Gasteiger partial charge in [0.05, 0.1) is 12.2 Å². The van der Waals surface area contributed by atoms with Crippen LogP contribution in [0.4, 0.5) is 13.2 Å². The van der Waals surface area contributed by atoms with Gasteiger partial charge < -0.3 is 9.47 Å². The van der Waals surface area contributed by atoms with Gasteiger partial charge in [-0.2, -0.15) is 5.26 Å². The maximum Gasteiger partial charge on any atom is 0.346 e. The van der Waals surface area contributed by atoms with Gasteiger partial charge in [-0.3, -0.25) is 0 Å². The lowest BCUT2D eigenvalue weighted by Gasteiger charge is -2.08. The first-order chi connectivity index (χ1) is 12.0. The SMILES string of the molecule is CCCOCc1ccc(C(=O)Oc2cc(F)c(C#N)c(F)c2)c(F)c1. The Morgan fingerprint density at radius 3 is 2.36 bits per heavy atom. The zero-order valence-corrected chi connectivity index (χ0v) is 13.3. The van der Waals surface area contributed by atoms with Crippen LogP contribution in [-0.4, -0.2) is 12.6 Å². The predicted molar refractivity (Wildman–Crippen MR) is 82.4 cm³/mol. The Morgan fingerprint density at radius 2 is 1.80 bits per heavy atom. The molecule has 7 heteroatoms. The molecule has 130 valence electrons. The van der Waals surface area contributed by atoms with Gasteiger partial charge in [0.25, 0.3) is 0 Å². The van der Waals surface area contributed by atoms with Gasteiger partial charge in [-0.25, -0.2) is 18.0 Å². The number of esters is 1. The molecule has 0 amide bonds. The Kier molecular flexibility index (Phi) is 6.14. The lowest BCUT2D eigenvalue weighted by Crippen LogP contribution is -2.12. The van der Waals surface area contributed by atoms with Crippen LogP contribution in [0.5, 0.6) is 5.75 Å². The van der Waals surface area contributed by atoms with E-state index in [4.69, 9.17) is 14.7 Å². The van der Waals surface area contributed by atoms with Crippen molar-refractivity contribution >= 4 is 5.97 Å². The Hall–Kier alpha value is -2.85. The Labute approximate surface area is 142 Å². The van der Waals surface area contributed by atoms with Gasteiger partial charge in [-0.15, -0.1) is 0 Å². The van der Waals surface area contributed by atoms with E-state index in [-0.39, 0.29) is 12.2 Å². The summed E-state index contributed by atoms with van der Waals surface area (Å²) in [7, 11) is 0. The van der Waals surface area contributed by atoms with E-state index >= 15 is 0 Å². The molecule has 0 aliphatic heterocycles. The van der Waals surface area contributed by atoms with E-state index in [9.17, 15) is 18.0 Å². The molecule has 0 radical (unpaired) electrons. The summed E-state index contributed by atoms with van der Waals surface area (Å²) in [5.41, 5.74) is -0.634. The summed E-state index contributed by atoms with van der Waals surface area (Å²) in [5.74, 6) is -4.75. The molecule has 0 aromatic heterocycles. The average Bonchev–Trinajstić information content (AvgIpc) is 2.55. The molecule has 2 aromatic carbocycles. The third-order valence-corrected chi connectivity index (χ3v) is 3.21. The number of nitriles is 1. The molecule has 0 atom stereocenters. The zero-order chi connectivity index (χ0) is 18.4. The summed E-state index contributed by atoms with van der Waals surface area (Å²) in [6.07, 6.45) is 0.824. The number of ether oxygens (including phenoxy) is 2. The number of benzene rings is 2. The third kappa shape index (κ3) is 4.58. The molecule has 0 N–H and O–H groups in total. The highest BCUT2D eigenvalue weighted by Crippen LogP contribution is 2.22. The maximum atomic E-state index is 14.0. The van der Waals surface area contributed by atoms with Crippen LogP contribution in [0.1, 0.15) is 34.8 Å². The Balaban J connectivity index is 2.15. The van der Waals surface area contributed by atoms with Crippen molar-refractivity contribution in [2.24, 2.45) is 0 Å². The quantitative estimate of drug-likeness (QED) is 0.447. The van der Waals surface area contributed by atoms with Crippen LogP contribution in [0.2, 0.25) is 0 Å². The van der Waals surface area contributed by atoms with Gasteiger partial charge >= 0.3 is 5.97 Å². The molecular weight excluding hydrogens is 335 g/mol. The molecule has 0 saturated heterocycles. The van der Waals surface area contributed by atoms with Crippen LogP contribution in [0.25, 0.3) is 0 Å². The molecule has 0 saturated carbocycles. The van der Waals surface area contributed by atoms with Crippen molar-refractivity contribution in [1.29, 1.82) is 5.26 Å². The second kappa shape index (κ2) is 8.31. The highest BCUT2D eigenvalue weighted by Gasteiger charge is 2.17. The highest BCUT2D eigenvalue weighted by molar-refractivity contribution is 5.91. The topological polar surface area (TPSA) is 59.3 Å². The van der Waals surface area contributed by atoms with E-state index in [0.717, 1.165) is 12.5 Å². The van der Waals surface area contributed by atoms with E-state index in [2.05, 4.69) is 0 Å². The number of hydrogen-bond donors (Lipinski definition) is 0. The monoisotopic (exact) mass is 349 g/mol. The average molecular weight is 349 g/mol. The Bertz CT molecular complexity index is 808. The van der Waals surface area contributed by atoms with Crippen LogP contribution in [0, 0.1) is 28.8 Å². The van der Waals surface area contributed by atoms with E-state index in [1.165, 1.54) is 18.2 Å². The minimum Gasteiger partial charge on any atom is -0.423 e. The number of carbonyl (C=O) groups is 1. The molecule has 0 bridgehead atoms. The summed E-state index contributed by atoms with van der Waals surface area (Å²) in [6.45, 7) is 2.67. The van der Waals surface area contributed by atoms with E-state index < -0.39 is 34.7 Å². The molecule has 0 heterocycles. The van der Waals surface area contributed by atoms with Crippen molar-refractivity contribution < 1.29 is 27.4 Å². The summed E-state index contributed by atoms with van der Waals surface area (Å²) in [4.78, 5) is 12.0. The van der Waals surface area contributed by atoms with Crippen LogP contribution < -0.4 is 4.74 Å². The minimum absolute atomic E-state index is 0.201. The molecule has 2 aromatic rings. The molecule has 0 fully saturated rings. The van der Waals surface area contributed by atoms with Gasteiger partial charge in [0.2, 0.25) is 0 Å². The normalized spacial score (nSPS) is 10.4. The Morgan fingerprint density at radius 1 is 1.12 bits per heavy atom. The van der Waals surface area contributed by atoms with Crippen molar-refractivity contribution in [1.82, 2.24) is 0 Å². The molecule has 0 unspecified atom stereocenters. The maximum absolute atomic E-state index is 14.0. The number of carbonyl (C=O) groups excluding carboxylic acids is 1. The molecule has 4 nitrogen and oxygen atoms in total. The summed E-state index contributed by atoms with van der Waals surface area (Å²) in [5, 5.41) is 8.59.